The molecule has 1 nitrogen and oxygen atoms in total. The molecule has 0 amide bonds. The van der Waals surface area contributed by atoms with Gasteiger partial charge < -0.3 is 0 Å². The molecule has 0 fully saturated rings. The summed E-state index contributed by atoms with van der Waals surface area (Å²) in [5, 5.41) is 0. The summed E-state index contributed by atoms with van der Waals surface area (Å²) >= 11 is 8.11. The number of hydrogen-bond donors (Lipinski definition) is 0. The number of aromatic nitrogens is 1. The molecule has 16 heavy (non-hydrogen) atoms. The van der Waals surface area contributed by atoms with E-state index in [0.717, 1.165) is 0 Å². The van der Waals surface area contributed by atoms with Crippen LogP contribution < -0.4 is 0 Å². The topological polar surface area (TPSA) is 12.9 Å². The fourth-order valence-electron chi connectivity index (χ4n) is 0.991. The Balaban J connectivity index is 3.40. The van der Waals surface area contributed by atoms with E-state index in [2.05, 4.69) is 20.9 Å². The van der Waals surface area contributed by atoms with Crippen molar-refractivity contribution in [2.75, 3.05) is 0 Å². The molecule has 1 rings (SSSR count). The fraction of sp³-hybridized carbons (Fsp3) is 0.375. The monoisotopic (exact) mass is 323 g/mol. The van der Waals surface area contributed by atoms with Gasteiger partial charge in [0.1, 0.15) is 11.4 Å². The molecule has 0 atom stereocenters. The maximum absolute atomic E-state index is 12.4. The maximum Gasteiger partial charge on any atom is 0.433 e. The van der Waals surface area contributed by atoms with Crippen molar-refractivity contribution in [3.63, 3.8) is 0 Å². The van der Waals surface area contributed by atoms with Crippen molar-refractivity contribution >= 4 is 27.5 Å². The van der Waals surface area contributed by atoms with Gasteiger partial charge in [-0.15, -0.1) is 11.6 Å². The molecule has 8 heteroatoms. The van der Waals surface area contributed by atoms with E-state index in [9.17, 15) is 22.0 Å². The second-order valence-corrected chi connectivity index (χ2v) is 3.86. The molecular formula is C8H4BrClF5N. The summed E-state index contributed by atoms with van der Waals surface area (Å²) in [5.41, 5.74) is -2.40. The van der Waals surface area contributed by atoms with Gasteiger partial charge in [0.05, 0.1) is 0 Å². The van der Waals surface area contributed by atoms with Crippen LogP contribution in [0.1, 0.15) is 23.4 Å². The number of halogens is 7. The molecule has 0 aliphatic heterocycles. The SMILES string of the molecule is FC(F)c1nc(C(F)(F)F)cc(CCl)c1Br. The van der Waals surface area contributed by atoms with Crippen molar-refractivity contribution in [2.24, 2.45) is 0 Å². The second kappa shape index (κ2) is 4.83. The normalized spacial score (nSPS) is 12.2. The molecule has 0 unspecified atom stereocenters. The van der Waals surface area contributed by atoms with Gasteiger partial charge >= 0.3 is 6.18 Å². The lowest BCUT2D eigenvalue weighted by Gasteiger charge is -2.12. The predicted octanol–water partition coefficient (Wildman–Crippen LogP) is 4.54. The molecular weight excluding hydrogens is 320 g/mol. The van der Waals surface area contributed by atoms with Crippen LogP contribution >= 0.6 is 27.5 Å². The van der Waals surface area contributed by atoms with Crippen LogP contribution in [0.15, 0.2) is 10.5 Å². The number of alkyl halides is 6. The third-order valence-corrected chi connectivity index (χ3v) is 2.90. The van der Waals surface area contributed by atoms with Gasteiger partial charge in [-0.1, -0.05) is 0 Å². The van der Waals surface area contributed by atoms with Gasteiger partial charge in [-0.05, 0) is 27.6 Å². The number of nitrogens with zero attached hydrogens (tertiary/aromatic N) is 1. The van der Waals surface area contributed by atoms with Crippen LogP contribution in [0.5, 0.6) is 0 Å². The van der Waals surface area contributed by atoms with E-state index in [4.69, 9.17) is 11.6 Å². The Labute approximate surface area is 101 Å². The van der Waals surface area contributed by atoms with Crippen molar-refractivity contribution in [1.82, 2.24) is 4.98 Å². The summed E-state index contributed by atoms with van der Waals surface area (Å²) in [6.07, 6.45) is -7.87. The Morgan fingerprint density at radius 1 is 1.38 bits per heavy atom. The number of hydrogen-bond acceptors (Lipinski definition) is 1. The van der Waals surface area contributed by atoms with Crippen LogP contribution in [0.4, 0.5) is 22.0 Å². The van der Waals surface area contributed by atoms with Crippen LogP contribution in [0.25, 0.3) is 0 Å². The first-order valence-corrected chi connectivity index (χ1v) is 5.20. The largest absolute Gasteiger partial charge is 0.433 e. The molecule has 0 aliphatic rings. The predicted molar refractivity (Wildman–Crippen MR) is 51.5 cm³/mol. The molecule has 0 spiro atoms. The minimum atomic E-state index is -4.77. The first kappa shape index (κ1) is 13.6. The third-order valence-electron chi connectivity index (χ3n) is 1.70. The minimum Gasteiger partial charge on any atom is -0.241 e. The lowest BCUT2D eigenvalue weighted by atomic mass is 10.2. The zero-order chi connectivity index (χ0) is 12.5. The summed E-state index contributed by atoms with van der Waals surface area (Å²) in [7, 11) is 0. The molecule has 0 N–H and O–H groups in total. The van der Waals surface area contributed by atoms with Crippen molar-refractivity contribution in [2.45, 2.75) is 18.5 Å². The smallest absolute Gasteiger partial charge is 0.241 e. The molecule has 0 aromatic carbocycles. The van der Waals surface area contributed by atoms with E-state index in [0.29, 0.717) is 6.07 Å². The molecule has 1 aromatic heterocycles. The molecule has 0 saturated carbocycles. The standard InChI is InChI=1S/C8H4BrClF5N/c9-5-3(2-10)1-4(8(13,14)15)16-6(5)7(11)12/h1,7H,2H2. The molecule has 0 saturated heterocycles. The number of rotatable bonds is 2. The van der Waals surface area contributed by atoms with Crippen molar-refractivity contribution < 1.29 is 22.0 Å². The molecule has 0 radical (unpaired) electrons. The molecule has 1 aromatic rings. The average Bonchev–Trinajstić information content (AvgIpc) is 2.15. The zero-order valence-electron chi connectivity index (χ0n) is 7.45. The highest BCUT2D eigenvalue weighted by Crippen LogP contribution is 2.35. The molecule has 0 aliphatic carbocycles. The van der Waals surface area contributed by atoms with E-state index >= 15 is 0 Å². The van der Waals surface area contributed by atoms with Crippen molar-refractivity contribution in [3.8, 4) is 0 Å². The lowest BCUT2D eigenvalue weighted by molar-refractivity contribution is -0.141. The lowest BCUT2D eigenvalue weighted by Crippen LogP contribution is -2.11. The Morgan fingerprint density at radius 2 is 1.94 bits per heavy atom. The quantitative estimate of drug-likeness (QED) is 0.575. The third kappa shape index (κ3) is 2.82. The Hall–Kier alpha value is -0.430. The summed E-state index contributed by atoms with van der Waals surface area (Å²) in [6, 6.07) is 0.642. The van der Waals surface area contributed by atoms with Gasteiger partial charge in [0.2, 0.25) is 0 Å². The van der Waals surface area contributed by atoms with Gasteiger partial charge in [-0.25, -0.2) is 13.8 Å². The fourth-order valence-corrected chi connectivity index (χ4v) is 1.88. The van der Waals surface area contributed by atoms with Gasteiger partial charge in [0.15, 0.2) is 0 Å². The second-order valence-electron chi connectivity index (χ2n) is 2.80. The van der Waals surface area contributed by atoms with E-state index in [1.807, 2.05) is 0 Å². The van der Waals surface area contributed by atoms with Crippen molar-refractivity contribution in [3.05, 3.63) is 27.5 Å². The summed E-state index contributed by atoms with van der Waals surface area (Å²) in [5.74, 6) is -0.314. The average molecular weight is 324 g/mol. The van der Waals surface area contributed by atoms with Crippen LogP contribution in [0.3, 0.4) is 0 Å². The van der Waals surface area contributed by atoms with Gasteiger partial charge in [-0.3, -0.25) is 0 Å². The van der Waals surface area contributed by atoms with Gasteiger partial charge in [0, 0.05) is 10.4 Å². The van der Waals surface area contributed by atoms with E-state index < -0.39 is 24.0 Å². The molecule has 1 heterocycles. The van der Waals surface area contributed by atoms with Crippen LogP contribution in [-0.4, -0.2) is 4.98 Å². The highest BCUT2D eigenvalue weighted by Gasteiger charge is 2.34. The summed E-state index contributed by atoms with van der Waals surface area (Å²) in [6.45, 7) is 0. The first-order chi connectivity index (χ1) is 7.27. The first-order valence-electron chi connectivity index (χ1n) is 3.88. The minimum absolute atomic E-state index is 0.0701. The molecule has 90 valence electrons. The van der Waals surface area contributed by atoms with Crippen LogP contribution in [0.2, 0.25) is 0 Å². The highest BCUT2D eigenvalue weighted by atomic mass is 79.9. The van der Waals surface area contributed by atoms with Crippen LogP contribution in [-0.2, 0) is 12.1 Å². The van der Waals surface area contributed by atoms with Gasteiger partial charge in [0.25, 0.3) is 6.43 Å². The summed E-state index contributed by atoms with van der Waals surface area (Å²) < 4.78 is 61.6. The number of pyridine rings is 1. The van der Waals surface area contributed by atoms with Crippen molar-refractivity contribution in [1.29, 1.82) is 0 Å². The Kier molecular flexibility index (Phi) is 4.12. The zero-order valence-corrected chi connectivity index (χ0v) is 9.80. The van der Waals surface area contributed by atoms with Crippen LogP contribution in [0, 0.1) is 0 Å². The van der Waals surface area contributed by atoms with E-state index in [-0.39, 0.29) is 15.9 Å². The maximum atomic E-state index is 12.4. The highest BCUT2D eigenvalue weighted by molar-refractivity contribution is 9.10. The Bertz CT molecular complexity index is 393. The summed E-state index contributed by atoms with van der Waals surface area (Å²) in [4.78, 5) is 2.87. The molecule has 0 bridgehead atoms. The van der Waals surface area contributed by atoms with E-state index in [1.54, 1.807) is 0 Å². The van der Waals surface area contributed by atoms with Gasteiger partial charge in [-0.2, -0.15) is 13.2 Å². The van der Waals surface area contributed by atoms with E-state index in [1.165, 1.54) is 0 Å². The Morgan fingerprint density at radius 3 is 2.31 bits per heavy atom.